The summed E-state index contributed by atoms with van der Waals surface area (Å²) in [6.07, 6.45) is 3.32. The molecular weight excluding hydrogens is 456 g/mol. The number of carbonyl (C=O) groups excluding carboxylic acids is 2. The summed E-state index contributed by atoms with van der Waals surface area (Å²) in [4.78, 5) is 31.4. The van der Waals surface area contributed by atoms with Gasteiger partial charge in [-0.25, -0.2) is 0 Å². The number of para-hydroxylation sites is 1. The van der Waals surface area contributed by atoms with Crippen molar-refractivity contribution in [2.45, 2.75) is 39.3 Å². The Bertz CT molecular complexity index is 1460. The third kappa shape index (κ3) is 3.96. The molecule has 1 atom stereocenters. The third-order valence-corrected chi connectivity index (χ3v) is 6.57. The molecule has 1 amide bonds. The summed E-state index contributed by atoms with van der Waals surface area (Å²) in [5.41, 5.74) is 3.03. The Balaban J connectivity index is 1.69. The molecule has 7 nitrogen and oxygen atoms in total. The van der Waals surface area contributed by atoms with Gasteiger partial charge >= 0.3 is 0 Å². The van der Waals surface area contributed by atoms with Crippen molar-refractivity contribution in [2.75, 3.05) is 6.61 Å². The largest absolute Gasteiger partial charge is 0.507 e. The number of nitrogens with zero attached hydrogens (tertiary/aromatic N) is 1. The second-order valence-electron chi connectivity index (χ2n) is 9.14. The summed E-state index contributed by atoms with van der Waals surface area (Å²) < 4.78 is 11.2. The maximum atomic E-state index is 13.4. The Labute approximate surface area is 209 Å². The lowest BCUT2D eigenvalue weighted by Crippen LogP contribution is -2.29. The zero-order valence-corrected chi connectivity index (χ0v) is 20.4. The van der Waals surface area contributed by atoms with Crippen LogP contribution in [0.2, 0.25) is 0 Å². The normalized spacial score (nSPS) is 17.4. The number of fused-ring (bicyclic) bond motifs is 1. The number of hydrogen-bond donors (Lipinski definition) is 2. The van der Waals surface area contributed by atoms with E-state index in [0.717, 1.165) is 27.8 Å². The van der Waals surface area contributed by atoms with E-state index in [1.165, 1.54) is 11.2 Å². The van der Waals surface area contributed by atoms with Gasteiger partial charge in [0.15, 0.2) is 0 Å². The number of aliphatic hydroxyl groups is 1. The zero-order valence-electron chi connectivity index (χ0n) is 20.4. The molecule has 0 aliphatic carbocycles. The van der Waals surface area contributed by atoms with Gasteiger partial charge in [0.1, 0.15) is 17.3 Å². The van der Waals surface area contributed by atoms with Gasteiger partial charge in [0, 0.05) is 28.2 Å². The minimum atomic E-state index is -0.791. The zero-order chi connectivity index (χ0) is 25.4. The molecule has 1 unspecified atom stereocenters. The number of H-pyrrole nitrogens is 1. The van der Waals surface area contributed by atoms with E-state index >= 15 is 0 Å². The van der Waals surface area contributed by atoms with E-state index in [9.17, 15) is 14.7 Å². The number of benzene rings is 2. The molecule has 2 aromatic carbocycles. The first-order valence-corrected chi connectivity index (χ1v) is 12.0. The van der Waals surface area contributed by atoms with Crippen LogP contribution in [0.4, 0.5) is 0 Å². The van der Waals surface area contributed by atoms with Crippen LogP contribution in [0.15, 0.2) is 77.0 Å². The number of aromatic amines is 1. The monoisotopic (exact) mass is 484 g/mol. The predicted molar refractivity (Wildman–Crippen MR) is 137 cm³/mol. The van der Waals surface area contributed by atoms with Gasteiger partial charge in [0.2, 0.25) is 0 Å². The minimum absolute atomic E-state index is 0.0511. The molecule has 36 heavy (non-hydrogen) atoms. The Kier molecular flexibility index (Phi) is 6.14. The molecule has 1 aliphatic heterocycles. The summed E-state index contributed by atoms with van der Waals surface area (Å²) in [5.74, 6) is -0.214. The number of Topliss-reactive ketones (excluding diaryl/α,β-unsaturated/α-hetero) is 1. The van der Waals surface area contributed by atoms with Gasteiger partial charge in [-0.15, -0.1) is 0 Å². The topological polar surface area (TPSA) is 95.8 Å². The Morgan fingerprint density at radius 1 is 1.14 bits per heavy atom. The fraction of sp³-hybridized carbons (Fsp3) is 0.241. The van der Waals surface area contributed by atoms with Crippen molar-refractivity contribution in [1.29, 1.82) is 0 Å². The standard InChI is InChI=1S/C29H28N2O5/c1-4-35-24-12-11-18(14-21(24)17(2)3)27(32)25-26(22-15-30-23-10-6-5-9-20(22)23)31(29(34)28(25)33)16-19-8-7-13-36-19/h5-15,17,26,30,32H,4,16H2,1-3H3/b27-25+. The summed E-state index contributed by atoms with van der Waals surface area (Å²) in [6, 6.07) is 15.7. The van der Waals surface area contributed by atoms with Crippen LogP contribution in [0.5, 0.6) is 5.75 Å². The molecular formula is C29H28N2O5. The Hall–Kier alpha value is -4.26. The lowest BCUT2D eigenvalue weighted by molar-refractivity contribution is -0.140. The quantitative estimate of drug-likeness (QED) is 0.193. The van der Waals surface area contributed by atoms with Gasteiger partial charge in [0.25, 0.3) is 11.7 Å². The maximum Gasteiger partial charge on any atom is 0.296 e. The summed E-state index contributed by atoms with van der Waals surface area (Å²) in [6.45, 7) is 6.61. The highest BCUT2D eigenvalue weighted by Crippen LogP contribution is 2.43. The number of hydrogen-bond acceptors (Lipinski definition) is 5. The second kappa shape index (κ2) is 9.41. The summed E-state index contributed by atoms with van der Waals surface area (Å²) in [7, 11) is 0. The fourth-order valence-electron chi connectivity index (χ4n) is 4.85. The molecule has 2 N–H and O–H groups in total. The van der Waals surface area contributed by atoms with E-state index in [2.05, 4.69) is 4.98 Å². The minimum Gasteiger partial charge on any atom is -0.507 e. The summed E-state index contributed by atoms with van der Waals surface area (Å²) in [5, 5.41) is 12.4. The van der Waals surface area contributed by atoms with Crippen molar-refractivity contribution in [2.24, 2.45) is 0 Å². The van der Waals surface area contributed by atoms with Gasteiger partial charge in [-0.3, -0.25) is 9.59 Å². The van der Waals surface area contributed by atoms with E-state index in [0.29, 0.717) is 17.9 Å². The lowest BCUT2D eigenvalue weighted by atomic mass is 9.93. The number of amides is 1. The van der Waals surface area contributed by atoms with E-state index < -0.39 is 17.7 Å². The van der Waals surface area contributed by atoms with Crippen molar-refractivity contribution in [3.8, 4) is 5.75 Å². The Morgan fingerprint density at radius 2 is 1.94 bits per heavy atom. The molecule has 1 aliphatic rings. The fourth-order valence-corrected chi connectivity index (χ4v) is 4.85. The average Bonchev–Trinajstić information content (AvgIpc) is 3.60. The molecule has 0 spiro atoms. The van der Waals surface area contributed by atoms with Crippen molar-refractivity contribution in [3.05, 3.63) is 95.1 Å². The first-order valence-electron chi connectivity index (χ1n) is 12.0. The molecule has 1 fully saturated rings. The molecule has 3 heterocycles. The van der Waals surface area contributed by atoms with Crippen molar-refractivity contribution < 1.29 is 23.8 Å². The molecule has 2 aromatic heterocycles. The van der Waals surface area contributed by atoms with Crippen LogP contribution in [0.25, 0.3) is 16.7 Å². The molecule has 0 radical (unpaired) electrons. The molecule has 184 valence electrons. The van der Waals surface area contributed by atoms with Crippen molar-refractivity contribution in [3.63, 3.8) is 0 Å². The molecule has 7 heteroatoms. The van der Waals surface area contributed by atoms with E-state index in [1.807, 2.05) is 51.1 Å². The molecule has 0 bridgehead atoms. The van der Waals surface area contributed by atoms with Crippen molar-refractivity contribution in [1.82, 2.24) is 9.88 Å². The predicted octanol–water partition coefficient (Wildman–Crippen LogP) is 5.90. The molecule has 1 saturated heterocycles. The highest BCUT2D eigenvalue weighted by molar-refractivity contribution is 6.46. The van der Waals surface area contributed by atoms with E-state index in [4.69, 9.17) is 9.15 Å². The van der Waals surface area contributed by atoms with Crippen LogP contribution in [-0.2, 0) is 16.1 Å². The van der Waals surface area contributed by atoms with Gasteiger partial charge in [0.05, 0.1) is 31.0 Å². The number of ketones is 1. The number of aliphatic hydroxyl groups excluding tert-OH is 1. The number of aromatic nitrogens is 1. The third-order valence-electron chi connectivity index (χ3n) is 6.57. The highest BCUT2D eigenvalue weighted by atomic mass is 16.5. The first kappa shape index (κ1) is 23.5. The molecule has 0 saturated carbocycles. The average molecular weight is 485 g/mol. The SMILES string of the molecule is CCOc1ccc(/C(O)=C2\C(=O)C(=O)N(Cc3ccco3)C2c2c[nH]c3ccccc23)cc1C(C)C. The van der Waals surface area contributed by atoms with Gasteiger partial charge in [-0.2, -0.15) is 0 Å². The van der Waals surface area contributed by atoms with Crippen LogP contribution in [0, 0.1) is 0 Å². The lowest BCUT2D eigenvalue weighted by Gasteiger charge is -2.24. The van der Waals surface area contributed by atoms with E-state index in [-0.39, 0.29) is 23.8 Å². The number of ether oxygens (including phenoxy) is 1. The van der Waals surface area contributed by atoms with Crippen molar-refractivity contribution >= 4 is 28.4 Å². The number of rotatable bonds is 7. The second-order valence-corrected chi connectivity index (χ2v) is 9.14. The van der Waals surface area contributed by atoms with Crippen LogP contribution >= 0.6 is 0 Å². The number of carbonyl (C=O) groups is 2. The Morgan fingerprint density at radius 3 is 2.67 bits per heavy atom. The number of nitrogens with one attached hydrogen (secondary N) is 1. The summed E-state index contributed by atoms with van der Waals surface area (Å²) >= 11 is 0. The van der Waals surface area contributed by atoms with Gasteiger partial charge < -0.3 is 24.1 Å². The number of furan rings is 1. The number of likely N-dealkylation sites (tertiary alicyclic amines) is 1. The van der Waals surface area contributed by atoms with Gasteiger partial charge in [-0.1, -0.05) is 32.0 Å². The van der Waals surface area contributed by atoms with Crippen LogP contribution in [0.1, 0.15) is 55.2 Å². The maximum absolute atomic E-state index is 13.4. The van der Waals surface area contributed by atoms with Crippen LogP contribution in [0.3, 0.4) is 0 Å². The van der Waals surface area contributed by atoms with Gasteiger partial charge in [-0.05, 0) is 54.8 Å². The smallest absolute Gasteiger partial charge is 0.296 e. The molecule has 4 aromatic rings. The highest BCUT2D eigenvalue weighted by Gasteiger charge is 2.47. The first-order chi connectivity index (χ1) is 17.4. The van der Waals surface area contributed by atoms with Crippen LogP contribution in [-0.4, -0.2) is 33.3 Å². The van der Waals surface area contributed by atoms with E-state index in [1.54, 1.807) is 30.5 Å². The molecule has 5 rings (SSSR count). The van der Waals surface area contributed by atoms with Crippen LogP contribution < -0.4 is 4.74 Å².